The Morgan fingerprint density at radius 2 is 1.53 bits per heavy atom. The van der Waals surface area contributed by atoms with Crippen LogP contribution in [0.15, 0.2) is 71.6 Å². The van der Waals surface area contributed by atoms with E-state index < -0.39 is 34.4 Å². The SMILES string of the molecule is O=S(=O)(c1cccc(OC(F)F)c1)N1CCN(C[C@H](OCc2c(F)cccc2F)c2ccc(Cl)cc2)CC1. The molecule has 0 spiro atoms. The zero-order valence-corrected chi connectivity index (χ0v) is 21.6. The van der Waals surface area contributed by atoms with Gasteiger partial charge in [0.1, 0.15) is 17.4 Å². The number of hydrogen-bond acceptors (Lipinski definition) is 5. The molecule has 0 aromatic heterocycles. The molecule has 204 valence electrons. The van der Waals surface area contributed by atoms with Crippen LogP contribution in [0.1, 0.15) is 17.2 Å². The van der Waals surface area contributed by atoms with E-state index in [0.717, 1.165) is 23.8 Å². The summed E-state index contributed by atoms with van der Waals surface area (Å²) < 4.78 is 91.1. The van der Waals surface area contributed by atoms with Gasteiger partial charge in [0, 0.05) is 49.4 Å². The molecule has 0 radical (unpaired) electrons. The lowest BCUT2D eigenvalue weighted by atomic mass is 10.1. The fourth-order valence-corrected chi connectivity index (χ4v) is 5.72. The molecule has 0 amide bonds. The highest BCUT2D eigenvalue weighted by Gasteiger charge is 2.30. The normalized spacial score (nSPS) is 16.1. The van der Waals surface area contributed by atoms with E-state index in [-0.39, 0.29) is 35.9 Å². The molecular weight excluding hydrogens is 548 g/mol. The standard InChI is InChI=1S/C26H25ClF4N2O4S/c27-19-9-7-18(8-10-19)25(36-17-22-23(28)5-2-6-24(22)29)16-32-11-13-33(14-12-32)38(34,35)21-4-1-3-20(15-21)37-26(30)31/h1-10,15,25-26H,11-14,16-17H2/t25-/m0/s1. The second kappa shape index (κ2) is 12.4. The van der Waals surface area contributed by atoms with Gasteiger partial charge in [-0.15, -0.1) is 0 Å². The highest BCUT2D eigenvalue weighted by atomic mass is 35.5. The summed E-state index contributed by atoms with van der Waals surface area (Å²) in [5.74, 6) is -1.66. The van der Waals surface area contributed by atoms with Gasteiger partial charge in [0.05, 0.1) is 17.6 Å². The molecule has 38 heavy (non-hydrogen) atoms. The van der Waals surface area contributed by atoms with Crippen LogP contribution in [0, 0.1) is 11.6 Å². The second-order valence-electron chi connectivity index (χ2n) is 8.61. The minimum Gasteiger partial charge on any atom is -0.435 e. The van der Waals surface area contributed by atoms with Gasteiger partial charge in [0.2, 0.25) is 10.0 Å². The molecule has 0 saturated carbocycles. The molecule has 6 nitrogen and oxygen atoms in total. The Morgan fingerprint density at radius 1 is 0.895 bits per heavy atom. The van der Waals surface area contributed by atoms with Crippen LogP contribution in [0.2, 0.25) is 5.02 Å². The van der Waals surface area contributed by atoms with Crippen molar-refractivity contribution in [1.82, 2.24) is 9.21 Å². The predicted molar refractivity (Wildman–Crippen MR) is 134 cm³/mol. The van der Waals surface area contributed by atoms with E-state index in [2.05, 4.69) is 4.74 Å². The Kier molecular flexibility index (Phi) is 9.27. The van der Waals surface area contributed by atoms with E-state index in [4.69, 9.17) is 16.3 Å². The third kappa shape index (κ3) is 7.03. The third-order valence-electron chi connectivity index (χ3n) is 6.16. The van der Waals surface area contributed by atoms with Gasteiger partial charge in [0.15, 0.2) is 0 Å². The van der Waals surface area contributed by atoms with Crippen molar-refractivity contribution >= 4 is 21.6 Å². The van der Waals surface area contributed by atoms with Crippen LogP contribution in [0.4, 0.5) is 17.6 Å². The third-order valence-corrected chi connectivity index (χ3v) is 8.30. The molecule has 0 aliphatic carbocycles. The maximum atomic E-state index is 14.1. The largest absolute Gasteiger partial charge is 0.435 e. The van der Waals surface area contributed by atoms with Crippen molar-refractivity contribution in [2.24, 2.45) is 0 Å². The van der Waals surface area contributed by atoms with Crippen LogP contribution >= 0.6 is 11.6 Å². The van der Waals surface area contributed by atoms with Gasteiger partial charge in [-0.2, -0.15) is 13.1 Å². The van der Waals surface area contributed by atoms with Crippen molar-refractivity contribution in [3.05, 3.63) is 94.5 Å². The van der Waals surface area contributed by atoms with Gasteiger partial charge in [-0.05, 0) is 42.0 Å². The Hall–Kier alpha value is -2.70. The average molecular weight is 573 g/mol. The zero-order chi connectivity index (χ0) is 27.3. The highest BCUT2D eigenvalue weighted by Crippen LogP contribution is 2.27. The smallest absolute Gasteiger partial charge is 0.387 e. The number of halogens is 5. The minimum atomic E-state index is -3.93. The predicted octanol–water partition coefficient (Wildman–Crippen LogP) is 5.48. The molecule has 1 aliphatic heterocycles. The van der Waals surface area contributed by atoms with Crippen molar-refractivity contribution in [1.29, 1.82) is 0 Å². The summed E-state index contributed by atoms with van der Waals surface area (Å²) in [6.07, 6.45) is -0.572. The van der Waals surface area contributed by atoms with Crippen LogP contribution in [-0.4, -0.2) is 57.0 Å². The summed E-state index contributed by atoms with van der Waals surface area (Å²) in [4.78, 5) is 1.85. The molecule has 12 heteroatoms. The number of rotatable bonds is 10. The van der Waals surface area contributed by atoms with Gasteiger partial charge >= 0.3 is 6.61 Å². The molecule has 3 aromatic carbocycles. The molecule has 0 N–H and O–H groups in total. The molecule has 1 heterocycles. The van der Waals surface area contributed by atoms with Gasteiger partial charge in [-0.3, -0.25) is 4.90 Å². The Labute approximate surface area is 223 Å². The molecule has 0 bridgehead atoms. The van der Waals surface area contributed by atoms with Crippen molar-refractivity contribution in [3.63, 3.8) is 0 Å². The van der Waals surface area contributed by atoms with E-state index in [1.165, 1.54) is 28.6 Å². The molecule has 1 fully saturated rings. The van der Waals surface area contributed by atoms with Crippen molar-refractivity contribution < 1.29 is 35.5 Å². The van der Waals surface area contributed by atoms with Crippen molar-refractivity contribution in [2.75, 3.05) is 32.7 Å². The fourth-order valence-electron chi connectivity index (χ4n) is 4.13. The molecular formula is C26H25ClF4N2O4S. The maximum Gasteiger partial charge on any atom is 0.387 e. The van der Waals surface area contributed by atoms with Crippen LogP contribution in [0.3, 0.4) is 0 Å². The van der Waals surface area contributed by atoms with Gasteiger partial charge in [-0.25, -0.2) is 17.2 Å². The van der Waals surface area contributed by atoms with E-state index in [1.54, 1.807) is 24.3 Å². The first-order valence-corrected chi connectivity index (χ1v) is 13.5. The second-order valence-corrected chi connectivity index (χ2v) is 11.0. The number of alkyl halides is 2. The van der Waals surface area contributed by atoms with Crippen LogP contribution in [-0.2, 0) is 21.4 Å². The highest BCUT2D eigenvalue weighted by molar-refractivity contribution is 7.89. The first-order chi connectivity index (χ1) is 18.1. The summed E-state index contributed by atoms with van der Waals surface area (Å²) in [6.45, 7) is -2.01. The molecule has 1 saturated heterocycles. The summed E-state index contributed by atoms with van der Waals surface area (Å²) in [7, 11) is -3.93. The number of nitrogens with zero attached hydrogens (tertiary/aromatic N) is 2. The van der Waals surface area contributed by atoms with E-state index >= 15 is 0 Å². The lowest BCUT2D eigenvalue weighted by Crippen LogP contribution is -2.49. The first-order valence-electron chi connectivity index (χ1n) is 11.7. The van der Waals surface area contributed by atoms with Crippen molar-refractivity contribution in [2.45, 2.75) is 24.2 Å². The lowest BCUT2D eigenvalue weighted by molar-refractivity contribution is -0.0500. The molecule has 3 aromatic rings. The number of sulfonamides is 1. The summed E-state index contributed by atoms with van der Waals surface area (Å²) >= 11 is 6.01. The number of piperazine rings is 1. The van der Waals surface area contributed by atoms with Crippen LogP contribution < -0.4 is 4.74 Å². The summed E-state index contributed by atoms with van der Waals surface area (Å²) in [5, 5.41) is 0.523. The summed E-state index contributed by atoms with van der Waals surface area (Å²) in [5.41, 5.74) is 0.567. The lowest BCUT2D eigenvalue weighted by Gasteiger charge is -2.36. The molecule has 0 unspecified atom stereocenters. The van der Waals surface area contributed by atoms with E-state index in [9.17, 15) is 26.0 Å². The maximum absolute atomic E-state index is 14.1. The number of benzene rings is 3. The van der Waals surface area contributed by atoms with Crippen molar-refractivity contribution in [3.8, 4) is 5.75 Å². The minimum absolute atomic E-state index is 0.140. The Balaban J connectivity index is 1.43. The van der Waals surface area contributed by atoms with E-state index in [1.807, 2.05) is 4.90 Å². The number of ether oxygens (including phenoxy) is 2. The van der Waals surface area contributed by atoms with Crippen LogP contribution in [0.5, 0.6) is 5.75 Å². The summed E-state index contributed by atoms with van der Waals surface area (Å²) in [6, 6.07) is 15.5. The average Bonchev–Trinajstić information content (AvgIpc) is 2.88. The number of hydrogen-bond donors (Lipinski definition) is 0. The zero-order valence-electron chi connectivity index (χ0n) is 20.1. The van der Waals surface area contributed by atoms with Gasteiger partial charge in [-0.1, -0.05) is 35.9 Å². The molecule has 1 atom stereocenters. The van der Waals surface area contributed by atoms with E-state index in [0.29, 0.717) is 24.7 Å². The quantitative estimate of drug-likeness (QED) is 0.301. The monoisotopic (exact) mass is 572 g/mol. The van der Waals surface area contributed by atoms with Gasteiger partial charge in [0.25, 0.3) is 0 Å². The van der Waals surface area contributed by atoms with Crippen LogP contribution in [0.25, 0.3) is 0 Å². The fraction of sp³-hybridized carbons (Fsp3) is 0.308. The Morgan fingerprint density at radius 3 is 2.16 bits per heavy atom. The Bertz CT molecular complexity index is 1320. The first kappa shape index (κ1) is 28.3. The van der Waals surface area contributed by atoms with Gasteiger partial charge < -0.3 is 9.47 Å². The molecule has 4 rings (SSSR count). The molecule has 1 aliphatic rings. The topological polar surface area (TPSA) is 59.1 Å².